The van der Waals surface area contributed by atoms with Gasteiger partial charge < -0.3 is 19.7 Å². The molecule has 0 saturated carbocycles. The number of aryl methyl sites for hydroxylation is 1. The van der Waals surface area contributed by atoms with E-state index in [0.717, 1.165) is 34.9 Å². The van der Waals surface area contributed by atoms with Gasteiger partial charge in [-0.1, -0.05) is 61.0 Å². The SMILES string of the molecule is CCc1cn(CC(=O)N2C[C@H](F)C[C@H]2C(=O)Nc2cccc(-c3ccccc3Cl)c2F)c2ccc(C3=CCN(C(C)=O)CC3)cc12. The summed E-state index contributed by atoms with van der Waals surface area (Å²) in [7, 11) is 0. The Hall–Kier alpha value is -4.50. The molecular weight excluding hydrogens is 610 g/mol. The Balaban J connectivity index is 1.20. The molecule has 3 aromatic carbocycles. The summed E-state index contributed by atoms with van der Waals surface area (Å²) in [5, 5.41) is 3.98. The highest BCUT2D eigenvalue weighted by Gasteiger charge is 2.40. The van der Waals surface area contributed by atoms with Crippen LogP contribution in [-0.2, 0) is 27.3 Å². The van der Waals surface area contributed by atoms with Gasteiger partial charge in [-0.2, -0.15) is 0 Å². The molecule has 3 heterocycles. The highest BCUT2D eigenvalue weighted by molar-refractivity contribution is 6.33. The number of likely N-dealkylation sites (tertiary alicyclic amines) is 1. The summed E-state index contributed by atoms with van der Waals surface area (Å²) in [5.41, 5.74) is 4.82. The van der Waals surface area contributed by atoms with Gasteiger partial charge in [-0.05, 0) is 53.8 Å². The van der Waals surface area contributed by atoms with E-state index in [1.54, 1.807) is 43.3 Å². The monoisotopic (exact) mass is 644 g/mol. The van der Waals surface area contributed by atoms with E-state index in [0.29, 0.717) is 23.7 Å². The normalized spacial score (nSPS) is 18.2. The quantitative estimate of drug-likeness (QED) is 0.239. The lowest BCUT2D eigenvalue weighted by Gasteiger charge is -2.25. The van der Waals surface area contributed by atoms with Crippen LogP contribution in [0.3, 0.4) is 0 Å². The zero-order valence-electron chi connectivity index (χ0n) is 25.7. The van der Waals surface area contributed by atoms with E-state index < -0.39 is 29.8 Å². The van der Waals surface area contributed by atoms with Gasteiger partial charge in [0.05, 0.1) is 12.2 Å². The Morgan fingerprint density at radius 3 is 2.54 bits per heavy atom. The molecule has 1 N–H and O–H groups in total. The second-order valence-electron chi connectivity index (χ2n) is 11.8. The predicted octanol–water partition coefficient (Wildman–Crippen LogP) is 6.88. The number of amides is 3. The molecular formula is C36H35ClF2N4O3. The molecule has 2 aliphatic heterocycles. The van der Waals surface area contributed by atoms with Crippen molar-refractivity contribution >= 4 is 51.5 Å². The van der Waals surface area contributed by atoms with Gasteiger partial charge in [0.2, 0.25) is 17.7 Å². The van der Waals surface area contributed by atoms with Gasteiger partial charge in [0, 0.05) is 59.7 Å². The Kier molecular flexibility index (Phi) is 8.95. The lowest BCUT2D eigenvalue weighted by atomic mass is 9.97. The van der Waals surface area contributed by atoms with E-state index in [-0.39, 0.29) is 36.7 Å². The Morgan fingerprint density at radius 2 is 1.83 bits per heavy atom. The van der Waals surface area contributed by atoms with Crippen molar-refractivity contribution in [3.8, 4) is 11.1 Å². The number of benzene rings is 3. The van der Waals surface area contributed by atoms with Crippen LogP contribution in [0.5, 0.6) is 0 Å². The first kappa shape index (κ1) is 31.5. The number of anilines is 1. The summed E-state index contributed by atoms with van der Waals surface area (Å²) in [6.07, 6.45) is 3.99. The number of nitrogens with zero attached hydrogens (tertiary/aromatic N) is 3. The summed E-state index contributed by atoms with van der Waals surface area (Å²) in [6, 6.07) is 16.5. The Labute approximate surface area is 271 Å². The third kappa shape index (κ3) is 6.16. The number of alkyl halides is 1. The summed E-state index contributed by atoms with van der Waals surface area (Å²) in [5.74, 6) is -1.65. The van der Waals surface area contributed by atoms with Crippen molar-refractivity contribution in [3.05, 3.63) is 94.9 Å². The molecule has 0 aliphatic carbocycles. The molecule has 0 unspecified atom stereocenters. The smallest absolute Gasteiger partial charge is 0.247 e. The predicted molar refractivity (Wildman–Crippen MR) is 177 cm³/mol. The van der Waals surface area contributed by atoms with Gasteiger partial charge in [-0.3, -0.25) is 14.4 Å². The van der Waals surface area contributed by atoms with Crippen molar-refractivity contribution in [1.29, 1.82) is 0 Å². The fraction of sp³-hybridized carbons (Fsp3) is 0.306. The number of carbonyl (C=O) groups excluding carboxylic acids is 3. The number of halogens is 3. The number of hydrogen-bond donors (Lipinski definition) is 1. The minimum Gasteiger partial charge on any atom is -0.339 e. The minimum absolute atomic E-state index is 0.0624. The number of rotatable bonds is 7. The molecule has 238 valence electrons. The summed E-state index contributed by atoms with van der Waals surface area (Å²) < 4.78 is 32.1. The van der Waals surface area contributed by atoms with Crippen LogP contribution in [0.4, 0.5) is 14.5 Å². The van der Waals surface area contributed by atoms with Crippen LogP contribution in [-0.4, -0.2) is 63.9 Å². The molecule has 1 fully saturated rings. The third-order valence-electron chi connectivity index (χ3n) is 8.97. The van der Waals surface area contributed by atoms with Gasteiger partial charge in [0.1, 0.15) is 18.8 Å². The van der Waals surface area contributed by atoms with Crippen molar-refractivity contribution in [1.82, 2.24) is 14.4 Å². The topological polar surface area (TPSA) is 74.7 Å². The molecule has 10 heteroatoms. The van der Waals surface area contributed by atoms with E-state index in [4.69, 9.17) is 11.6 Å². The number of hydrogen-bond acceptors (Lipinski definition) is 3. The Morgan fingerprint density at radius 1 is 1.04 bits per heavy atom. The molecule has 0 bridgehead atoms. The van der Waals surface area contributed by atoms with Gasteiger partial charge in [0.15, 0.2) is 5.82 Å². The zero-order chi connectivity index (χ0) is 32.5. The first-order valence-corrected chi connectivity index (χ1v) is 15.9. The van der Waals surface area contributed by atoms with Gasteiger partial charge in [0.25, 0.3) is 0 Å². The van der Waals surface area contributed by atoms with Crippen molar-refractivity contribution < 1.29 is 23.2 Å². The number of carbonyl (C=O) groups is 3. The Bertz CT molecular complexity index is 1870. The molecule has 4 aromatic rings. The molecule has 2 aliphatic rings. The summed E-state index contributed by atoms with van der Waals surface area (Å²) in [6.45, 7) is 4.60. The first-order valence-electron chi connectivity index (χ1n) is 15.5. The fourth-order valence-electron chi connectivity index (χ4n) is 6.48. The molecule has 0 spiro atoms. The van der Waals surface area contributed by atoms with E-state index in [1.165, 1.54) is 16.5 Å². The van der Waals surface area contributed by atoms with Gasteiger partial charge in [-0.25, -0.2) is 8.78 Å². The van der Waals surface area contributed by atoms with Gasteiger partial charge in [-0.15, -0.1) is 0 Å². The molecule has 6 rings (SSSR count). The van der Waals surface area contributed by atoms with Crippen LogP contribution in [0.15, 0.2) is 72.9 Å². The number of nitrogens with one attached hydrogen (secondary N) is 1. The van der Waals surface area contributed by atoms with E-state index >= 15 is 4.39 Å². The van der Waals surface area contributed by atoms with Crippen molar-refractivity contribution in [2.75, 3.05) is 25.0 Å². The van der Waals surface area contributed by atoms with Crippen molar-refractivity contribution in [2.24, 2.45) is 0 Å². The van der Waals surface area contributed by atoms with Crippen LogP contribution in [0.1, 0.15) is 37.8 Å². The second-order valence-corrected chi connectivity index (χ2v) is 12.3. The molecule has 3 amide bonds. The van der Waals surface area contributed by atoms with Crippen LogP contribution < -0.4 is 5.32 Å². The lowest BCUT2D eigenvalue weighted by molar-refractivity contribution is -0.137. The zero-order valence-corrected chi connectivity index (χ0v) is 26.5. The molecule has 2 atom stereocenters. The molecule has 1 aromatic heterocycles. The van der Waals surface area contributed by atoms with E-state index in [2.05, 4.69) is 17.5 Å². The van der Waals surface area contributed by atoms with Crippen LogP contribution in [0.2, 0.25) is 5.02 Å². The maximum absolute atomic E-state index is 15.5. The molecule has 0 radical (unpaired) electrons. The lowest BCUT2D eigenvalue weighted by Crippen LogP contribution is -2.44. The average Bonchev–Trinajstić information content (AvgIpc) is 3.62. The van der Waals surface area contributed by atoms with Crippen molar-refractivity contribution in [3.63, 3.8) is 0 Å². The summed E-state index contributed by atoms with van der Waals surface area (Å²) in [4.78, 5) is 41.8. The highest BCUT2D eigenvalue weighted by Crippen LogP contribution is 2.34. The third-order valence-corrected chi connectivity index (χ3v) is 9.30. The van der Waals surface area contributed by atoms with E-state index in [1.807, 2.05) is 34.7 Å². The van der Waals surface area contributed by atoms with Gasteiger partial charge >= 0.3 is 0 Å². The largest absolute Gasteiger partial charge is 0.339 e. The highest BCUT2D eigenvalue weighted by atomic mass is 35.5. The van der Waals surface area contributed by atoms with Crippen LogP contribution >= 0.6 is 11.6 Å². The first-order chi connectivity index (χ1) is 22.1. The van der Waals surface area contributed by atoms with E-state index in [9.17, 15) is 18.8 Å². The maximum atomic E-state index is 15.5. The number of fused-ring (bicyclic) bond motifs is 1. The molecule has 1 saturated heterocycles. The maximum Gasteiger partial charge on any atom is 0.247 e. The molecule has 46 heavy (non-hydrogen) atoms. The number of aromatic nitrogens is 1. The van der Waals surface area contributed by atoms with Crippen LogP contribution in [0, 0.1) is 5.82 Å². The van der Waals surface area contributed by atoms with Crippen molar-refractivity contribution in [2.45, 2.75) is 51.9 Å². The van der Waals surface area contributed by atoms with Crippen LogP contribution in [0.25, 0.3) is 27.6 Å². The molecule has 7 nitrogen and oxygen atoms in total. The second kappa shape index (κ2) is 13.1. The summed E-state index contributed by atoms with van der Waals surface area (Å²) >= 11 is 6.28. The standard InChI is InChI=1S/C36H35ClF2N4O3/c1-3-23-19-42(32-12-11-25(17-29(23)32)24-13-15-41(16-14-24)22(2)44)21-34(45)43-20-26(38)18-33(43)36(46)40-31-10-6-8-28(35(31)39)27-7-4-5-9-30(27)37/h4-13,17,19,26,33H,3,14-16,18,20-21H2,1-2H3,(H,40,46)/t26-,33+/m1/s1. The average molecular weight is 645 g/mol. The fourth-order valence-corrected chi connectivity index (χ4v) is 6.72. The minimum atomic E-state index is -1.38.